The minimum Gasteiger partial charge on any atom is -0.494 e. The fourth-order valence-electron chi connectivity index (χ4n) is 4.17. The van der Waals surface area contributed by atoms with Gasteiger partial charge in [-0.25, -0.2) is 4.68 Å². The molecule has 0 radical (unpaired) electrons. The van der Waals surface area contributed by atoms with Crippen molar-refractivity contribution in [3.05, 3.63) is 107 Å². The molecule has 1 amide bonds. The van der Waals surface area contributed by atoms with Crippen LogP contribution in [0.2, 0.25) is 0 Å². The van der Waals surface area contributed by atoms with Crippen molar-refractivity contribution in [2.24, 2.45) is 0 Å². The predicted molar refractivity (Wildman–Crippen MR) is 150 cm³/mol. The number of benzene rings is 3. The summed E-state index contributed by atoms with van der Waals surface area (Å²) in [5.41, 5.74) is 4.49. The van der Waals surface area contributed by atoms with Gasteiger partial charge in [0.05, 0.1) is 23.2 Å². The van der Waals surface area contributed by atoms with Gasteiger partial charge in [0.25, 0.3) is 5.91 Å². The first-order chi connectivity index (χ1) is 17.5. The standard InChI is InChI=1S/C29H25N3O2S2/c1-3-34-25-16-10-13-22(17-25)27-23(19-31(30-27)24-14-8-5-9-15-24)18-26-28(33)32(29(35)36-26)20(2)21-11-6-4-7-12-21/h4-20H,3H2,1-2H3/b26-18-/t20-/m0/s1. The maximum Gasteiger partial charge on any atom is 0.266 e. The zero-order chi connectivity index (χ0) is 25.1. The Labute approximate surface area is 220 Å². The molecule has 1 aliphatic rings. The van der Waals surface area contributed by atoms with Crippen LogP contribution in [-0.2, 0) is 4.79 Å². The van der Waals surface area contributed by atoms with Crippen molar-refractivity contribution in [1.82, 2.24) is 14.7 Å². The fraction of sp³-hybridized carbons (Fsp3) is 0.138. The largest absolute Gasteiger partial charge is 0.494 e. The summed E-state index contributed by atoms with van der Waals surface area (Å²) in [6.07, 6.45) is 3.84. The lowest BCUT2D eigenvalue weighted by atomic mass is 10.1. The summed E-state index contributed by atoms with van der Waals surface area (Å²) >= 11 is 6.96. The summed E-state index contributed by atoms with van der Waals surface area (Å²) in [4.78, 5) is 15.8. The summed E-state index contributed by atoms with van der Waals surface area (Å²) in [5.74, 6) is 0.682. The molecule has 180 valence electrons. The number of hydrogen-bond donors (Lipinski definition) is 0. The van der Waals surface area contributed by atoms with Crippen molar-refractivity contribution < 1.29 is 9.53 Å². The number of thioether (sulfide) groups is 1. The number of ether oxygens (including phenoxy) is 1. The molecule has 1 atom stereocenters. The summed E-state index contributed by atoms with van der Waals surface area (Å²) in [5, 5.41) is 4.89. The Bertz CT molecular complexity index is 1430. The van der Waals surface area contributed by atoms with E-state index in [1.807, 2.05) is 116 Å². The number of nitrogens with zero attached hydrogens (tertiary/aromatic N) is 3. The normalized spacial score (nSPS) is 15.5. The van der Waals surface area contributed by atoms with Crippen LogP contribution < -0.4 is 4.74 Å². The van der Waals surface area contributed by atoms with E-state index in [4.69, 9.17) is 22.1 Å². The molecule has 2 heterocycles. The Morgan fingerprint density at radius 2 is 1.75 bits per heavy atom. The average molecular weight is 512 g/mol. The molecule has 5 nitrogen and oxygen atoms in total. The first kappa shape index (κ1) is 24.0. The molecule has 0 spiro atoms. The second-order valence-electron chi connectivity index (χ2n) is 8.31. The van der Waals surface area contributed by atoms with Gasteiger partial charge in [-0.1, -0.05) is 84.6 Å². The Kier molecular flexibility index (Phi) is 7.02. The summed E-state index contributed by atoms with van der Waals surface area (Å²) in [7, 11) is 0. The number of rotatable bonds is 7. The third-order valence-electron chi connectivity index (χ3n) is 5.96. The van der Waals surface area contributed by atoms with Crippen molar-refractivity contribution in [3.8, 4) is 22.7 Å². The average Bonchev–Trinajstić information content (AvgIpc) is 3.45. The van der Waals surface area contributed by atoms with Gasteiger partial charge in [-0.05, 0) is 49.8 Å². The van der Waals surface area contributed by atoms with E-state index in [2.05, 4.69) is 0 Å². The summed E-state index contributed by atoms with van der Waals surface area (Å²) < 4.78 is 8.10. The van der Waals surface area contributed by atoms with E-state index in [0.717, 1.165) is 33.8 Å². The molecule has 1 aliphatic heterocycles. The third kappa shape index (κ3) is 4.85. The van der Waals surface area contributed by atoms with Crippen molar-refractivity contribution in [3.63, 3.8) is 0 Å². The molecule has 0 aliphatic carbocycles. The fourth-order valence-corrected chi connectivity index (χ4v) is 5.58. The SMILES string of the molecule is CCOc1cccc(-c2nn(-c3ccccc3)cc2/C=C2\SC(=S)N([C@@H](C)c3ccccc3)C2=O)c1. The molecule has 0 saturated carbocycles. The lowest BCUT2D eigenvalue weighted by Gasteiger charge is -2.23. The van der Waals surface area contributed by atoms with E-state index in [1.54, 1.807) is 4.90 Å². The smallest absolute Gasteiger partial charge is 0.266 e. The third-order valence-corrected chi connectivity index (χ3v) is 7.29. The van der Waals surface area contributed by atoms with Gasteiger partial charge >= 0.3 is 0 Å². The van der Waals surface area contributed by atoms with Crippen LogP contribution in [0, 0.1) is 0 Å². The van der Waals surface area contributed by atoms with Crippen LogP contribution in [0.4, 0.5) is 0 Å². The second-order valence-corrected chi connectivity index (χ2v) is 9.99. The van der Waals surface area contributed by atoms with Gasteiger partial charge in [-0.3, -0.25) is 9.69 Å². The highest BCUT2D eigenvalue weighted by molar-refractivity contribution is 8.26. The molecule has 1 fully saturated rings. The lowest BCUT2D eigenvalue weighted by molar-refractivity contribution is -0.123. The van der Waals surface area contributed by atoms with E-state index in [9.17, 15) is 4.79 Å². The van der Waals surface area contributed by atoms with E-state index in [0.29, 0.717) is 15.8 Å². The van der Waals surface area contributed by atoms with Crippen LogP contribution in [-0.4, -0.2) is 31.5 Å². The molecule has 7 heteroatoms. The number of carbonyl (C=O) groups excluding carboxylic acids is 1. The minimum absolute atomic E-state index is 0.0946. The topological polar surface area (TPSA) is 47.4 Å². The maximum absolute atomic E-state index is 13.5. The zero-order valence-electron chi connectivity index (χ0n) is 20.0. The number of thiocarbonyl (C=S) groups is 1. The highest BCUT2D eigenvalue weighted by atomic mass is 32.2. The Morgan fingerprint density at radius 1 is 1.03 bits per heavy atom. The molecule has 0 N–H and O–H groups in total. The minimum atomic E-state index is -0.154. The van der Waals surface area contributed by atoms with Gasteiger partial charge in [-0.2, -0.15) is 5.10 Å². The Hall–Kier alpha value is -3.68. The number of amides is 1. The summed E-state index contributed by atoms with van der Waals surface area (Å²) in [6.45, 7) is 4.54. The van der Waals surface area contributed by atoms with Crippen molar-refractivity contribution in [1.29, 1.82) is 0 Å². The number of hydrogen-bond acceptors (Lipinski definition) is 5. The van der Waals surface area contributed by atoms with Gasteiger partial charge in [0.1, 0.15) is 15.8 Å². The van der Waals surface area contributed by atoms with Gasteiger partial charge in [0.2, 0.25) is 0 Å². The number of carbonyl (C=O) groups is 1. The molecule has 5 rings (SSSR count). The molecule has 0 unspecified atom stereocenters. The monoisotopic (exact) mass is 511 g/mol. The van der Waals surface area contributed by atoms with Crippen LogP contribution in [0.3, 0.4) is 0 Å². The lowest BCUT2D eigenvalue weighted by Crippen LogP contribution is -2.30. The Morgan fingerprint density at radius 3 is 2.47 bits per heavy atom. The van der Waals surface area contributed by atoms with Crippen molar-refractivity contribution in [2.75, 3.05) is 6.61 Å². The quantitative estimate of drug-likeness (QED) is 0.199. The van der Waals surface area contributed by atoms with Crippen molar-refractivity contribution in [2.45, 2.75) is 19.9 Å². The maximum atomic E-state index is 13.5. The number of para-hydroxylation sites is 1. The van der Waals surface area contributed by atoms with E-state index < -0.39 is 0 Å². The molecule has 1 saturated heterocycles. The van der Waals surface area contributed by atoms with E-state index in [1.165, 1.54) is 11.8 Å². The van der Waals surface area contributed by atoms with Crippen LogP contribution in [0.25, 0.3) is 23.0 Å². The number of aromatic nitrogens is 2. The molecule has 36 heavy (non-hydrogen) atoms. The molecular weight excluding hydrogens is 486 g/mol. The van der Waals surface area contributed by atoms with Crippen LogP contribution >= 0.6 is 24.0 Å². The van der Waals surface area contributed by atoms with Crippen molar-refractivity contribution >= 4 is 40.3 Å². The molecule has 1 aromatic heterocycles. The molecular formula is C29H25N3O2S2. The second kappa shape index (κ2) is 10.5. The summed E-state index contributed by atoms with van der Waals surface area (Å²) in [6, 6.07) is 27.6. The highest BCUT2D eigenvalue weighted by Crippen LogP contribution is 2.39. The van der Waals surface area contributed by atoms with Gasteiger partial charge < -0.3 is 4.74 Å². The first-order valence-electron chi connectivity index (χ1n) is 11.8. The van der Waals surface area contributed by atoms with E-state index >= 15 is 0 Å². The Balaban J connectivity index is 1.55. The van der Waals surface area contributed by atoms with Gasteiger partial charge in [0.15, 0.2) is 0 Å². The highest BCUT2D eigenvalue weighted by Gasteiger charge is 2.36. The van der Waals surface area contributed by atoms with Crippen LogP contribution in [0.15, 0.2) is 96.0 Å². The molecule has 4 aromatic rings. The molecule has 3 aromatic carbocycles. The van der Waals surface area contributed by atoms with E-state index in [-0.39, 0.29) is 11.9 Å². The van der Waals surface area contributed by atoms with Gasteiger partial charge in [0, 0.05) is 17.3 Å². The van der Waals surface area contributed by atoms with Crippen LogP contribution in [0.5, 0.6) is 5.75 Å². The predicted octanol–water partition coefficient (Wildman–Crippen LogP) is 6.90. The molecule has 0 bridgehead atoms. The zero-order valence-corrected chi connectivity index (χ0v) is 21.6. The van der Waals surface area contributed by atoms with Gasteiger partial charge in [-0.15, -0.1) is 0 Å². The first-order valence-corrected chi connectivity index (χ1v) is 13.0. The van der Waals surface area contributed by atoms with Crippen LogP contribution in [0.1, 0.15) is 31.0 Å².